The molecule has 0 aliphatic rings. The molecule has 174 valence electrons. The number of ether oxygens (including phenoxy) is 1. The molecule has 3 rings (SSSR count). The highest BCUT2D eigenvalue weighted by atomic mass is 16.5. The molecule has 2 N–H and O–H groups in total. The predicted molar refractivity (Wildman–Crippen MR) is 131 cm³/mol. The third-order valence-corrected chi connectivity index (χ3v) is 4.95. The summed E-state index contributed by atoms with van der Waals surface area (Å²) in [6.07, 6.45) is 0.674. The third kappa shape index (κ3) is 6.38. The van der Waals surface area contributed by atoms with E-state index in [2.05, 4.69) is 22.1 Å². The van der Waals surface area contributed by atoms with Crippen LogP contribution in [-0.2, 0) is 11.2 Å². The SMILES string of the molecule is C=C(C)C(=O)NCCc1ccc(N=Nc2cc(C(=O)c3ccccc3)c(O)cc2OCC)cc1. The predicted octanol–water partition coefficient (Wildman–Crippen LogP) is 5.67. The van der Waals surface area contributed by atoms with Gasteiger partial charge in [0.2, 0.25) is 5.91 Å². The maximum atomic E-state index is 12.9. The van der Waals surface area contributed by atoms with Gasteiger partial charge in [-0.25, -0.2) is 0 Å². The molecule has 0 heterocycles. The first kappa shape index (κ1) is 24.4. The van der Waals surface area contributed by atoms with E-state index in [-0.39, 0.29) is 23.0 Å². The lowest BCUT2D eigenvalue weighted by Gasteiger charge is -2.10. The van der Waals surface area contributed by atoms with Gasteiger partial charge in [0.1, 0.15) is 11.4 Å². The fraction of sp³-hybridized carbons (Fsp3) is 0.185. The summed E-state index contributed by atoms with van der Waals surface area (Å²) >= 11 is 0. The first-order valence-corrected chi connectivity index (χ1v) is 10.9. The zero-order valence-electron chi connectivity index (χ0n) is 19.2. The van der Waals surface area contributed by atoms with E-state index in [9.17, 15) is 14.7 Å². The number of aromatic hydroxyl groups is 1. The maximum Gasteiger partial charge on any atom is 0.246 e. The number of amides is 1. The van der Waals surface area contributed by atoms with Crippen molar-refractivity contribution in [2.75, 3.05) is 13.2 Å². The minimum Gasteiger partial charge on any atom is -0.507 e. The number of rotatable bonds is 10. The number of ketones is 1. The van der Waals surface area contributed by atoms with Gasteiger partial charge in [-0.15, -0.1) is 5.11 Å². The molecule has 1 amide bonds. The average Bonchev–Trinajstić information content (AvgIpc) is 2.84. The highest BCUT2D eigenvalue weighted by Crippen LogP contribution is 2.36. The number of azo groups is 1. The van der Waals surface area contributed by atoms with Crippen molar-refractivity contribution in [3.63, 3.8) is 0 Å². The van der Waals surface area contributed by atoms with Crippen LogP contribution in [0.5, 0.6) is 11.5 Å². The van der Waals surface area contributed by atoms with Crippen LogP contribution in [0, 0.1) is 0 Å². The number of nitrogens with zero attached hydrogens (tertiary/aromatic N) is 2. The van der Waals surface area contributed by atoms with Gasteiger partial charge in [-0.1, -0.05) is 49.0 Å². The van der Waals surface area contributed by atoms with Crippen LogP contribution in [0.1, 0.15) is 35.3 Å². The van der Waals surface area contributed by atoms with E-state index in [1.807, 2.05) is 37.3 Å². The Labute approximate surface area is 198 Å². The lowest BCUT2D eigenvalue weighted by molar-refractivity contribution is -0.117. The average molecular weight is 458 g/mol. The molecule has 0 aliphatic carbocycles. The second-order valence-corrected chi connectivity index (χ2v) is 7.62. The van der Waals surface area contributed by atoms with Crippen LogP contribution in [0.3, 0.4) is 0 Å². The van der Waals surface area contributed by atoms with E-state index >= 15 is 0 Å². The Balaban J connectivity index is 1.78. The number of hydrogen-bond donors (Lipinski definition) is 2. The van der Waals surface area contributed by atoms with E-state index in [1.165, 1.54) is 12.1 Å². The fourth-order valence-corrected chi connectivity index (χ4v) is 3.15. The molecule has 0 fully saturated rings. The number of hydrogen-bond acceptors (Lipinski definition) is 6. The van der Waals surface area contributed by atoms with Gasteiger partial charge in [0, 0.05) is 23.7 Å². The highest BCUT2D eigenvalue weighted by molar-refractivity contribution is 6.11. The molecular weight excluding hydrogens is 430 g/mol. The van der Waals surface area contributed by atoms with Gasteiger partial charge < -0.3 is 15.2 Å². The van der Waals surface area contributed by atoms with Crippen molar-refractivity contribution in [1.29, 1.82) is 0 Å². The molecule has 0 unspecified atom stereocenters. The molecule has 0 atom stereocenters. The Morgan fingerprint density at radius 3 is 2.38 bits per heavy atom. The fourth-order valence-electron chi connectivity index (χ4n) is 3.15. The summed E-state index contributed by atoms with van der Waals surface area (Å²) in [5.41, 5.74) is 3.05. The number of benzene rings is 3. The summed E-state index contributed by atoms with van der Waals surface area (Å²) in [6.45, 7) is 7.98. The Kier molecular flexibility index (Phi) is 8.29. The smallest absolute Gasteiger partial charge is 0.246 e. The molecule has 0 saturated heterocycles. The second kappa shape index (κ2) is 11.6. The summed E-state index contributed by atoms with van der Waals surface area (Å²) in [4.78, 5) is 24.4. The first-order valence-electron chi connectivity index (χ1n) is 10.9. The van der Waals surface area contributed by atoms with Crippen LogP contribution in [0.15, 0.2) is 89.1 Å². The second-order valence-electron chi connectivity index (χ2n) is 7.62. The van der Waals surface area contributed by atoms with Gasteiger partial charge in [-0.2, -0.15) is 5.11 Å². The molecule has 7 nitrogen and oxygen atoms in total. The van der Waals surface area contributed by atoms with Gasteiger partial charge in [-0.3, -0.25) is 9.59 Å². The summed E-state index contributed by atoms with van der Waals surface area (Å²) in [6, 6.07) is 19.0. The van der Waals surface area contributed by atoms with Crippen molar-refractivity contribution in [3.05, 3.63) is 95.6 Å². The number of carbonyl (C=O) groups excluding carboxylic acids is 2. The monoisotopic (exact) mass is 457 g/mol. The first-order chi connectivity index (χ1) is 16.4. The van der Waals surface area contributed by atoms with E-state index in [0.29, 0.717) is 47.8 Å². The van der Waals surface area contributed by atoms with Crippen molar-refractivity contribution >= 4 is 23.1 Å². The van der Waals surface area contributed by atoms with Crippen LogP contribution in [-0.4, -0.2) is 29.9 Å². The van der Waals surface area contributed by atoms with Crippen LogP contribution >= 0.6 is 0 Å². The van der Waals surface area contributed by atoms with E-state index in [1.54, 1.807) is 31.2 Å². The zero-order valence-corrected chi connectivity index (χ0v) is 19.2. The van der Waals surface area contributed by atoms with Crippen LogP contribution in [0.2, 0.25) is 0 Å². The highest BCUT2D eigenvalue weighted by Gasteiger charge is 2.18. The summed E-state index contributed by atoms with van der Waals surface area (Å²) in [7, 11) is 0. The molecule has 0 radical (unpaired) electrons. The minimum atomic E-state index is -0.319. The van der Waals surface area contributed by atoms with Gasteiger partial charge >= 0.3 is 0 Å². The van der Waals surface area contributed by atoms with Gasteiger partial charge in [0.15, 0.2) is 11.5 Å². The largest absolute Gasteiger partial charge is 0.507 e. The molecule has 3 aromatic rings. The van der Waals surface area contributed by atoms with Crippen molar-refractivity contribution in [3.8, 4) is 11.5 Å². The number of carbonyl (C=O) groups is 2. The molecule has 0 aromatic heterocycles. The molecule has 0 spiro atoms. The molecule has 34 heavy (non-hydrogen) atoms. The van der Waals surface area contributed by atoms with Crippen LogP contribution in [0.25, 0.3) is 0 Å². The third-order valence-electron chi connectivity index (χ3n) is 4.95. The van der Waals surface area contributed by atoms with Crippen molar-refractivity contribution in [2.45, 2.75) is 20.3 Å². The van der Waals surface area contributed by atoms with E-state index in [0.717, 1.165) is 5.56 Å². The van der Waals surface area contributed by atoms with Crippen LogP contribution in [0.4, 0.5) is 11.4 Å². The van der Waals surface area contributed by atoms with Crippen molar-refractivity contribution in [1.82, 2.24) is 5.32 Å². The Hall–Kier alpha value is -4.26. The minimum absolute atomic E-state index is 0.121. The van der Waals surface area contributed by atoms with E-state index < -0.39 is 0 Å². The standard InChI is InChI=1S/C27H27N3O4/c1-4-34-25-17-24(31)22(26(32)20-8-6-5-7-9-20)16-23(25)30-29-21-12-10-19(11-13-21)14-15-28-27(33)18(2)3/h5-13,16-17,31H,2,4,14-15H2,1,3H3,(H,28,33). The molecule has 7 heteroatoms. The molecular formula is C27H27N3O4. The normalized spacial score (nSPS) is 10.8. The Bertz CT molecular complexity index is 1200. The lowest BCUT2D eigenvalue weighted by Crippen LogP contribution is -2.25. The quantitative estimate of drug-likeness (QED) is 0.233. The Morgan fingerprint density at radius 2 is 1.74 bits per heavy atom. The van der Waals surface area contributed by atoms with Crippen LogP contribution < -0.4 is 10.1 Å². The van der Waals surface area contributed by atoms with Gasteiger partial charge in [0.05, 0.1) is 17.9 Å². The Morgan fingerprint density at radius 1 is 1.03 bits per heavy atom. The summed E-state index contributed by atoms with van der Waals surface area (Å²) in [5, 5.41) is 21.8. The van der Waals surface area contributed by atoms with Crippen molar-refractivity contribution in [2.24, 2.45) is 10.2 Å². The van der Waals surface area contributed by atoms with Gasteiger partial charge in [0.25, 0.3) is 0 Å². The molecule has 3 aromatic carbocycles. The van der Waals surface area contributed by atoms with Gasteiger partial charge in [-0.05, 0) is 44.0 Å². The van der Waals surface area contributed by atoms with E-state index in [4.69, 9.17) is 4.74 Å². The lowest BCUT2D eigenvalue weighted by atomic mass is 10.0. The number of phenolic OH excluding ortho intramolecular Hbond substituents is 1. The van der Waals surface area contributed by atoms with Crippen molar-refractivity contribution < 1.29 is 19.4 Å². The number of phenols is 1. The molecule has 0 bridgehead atoms. The summed E-state index contributed by atoms with van der Waals surface area (Å²) in [5.74, 6) is -0.326. The molecule has 0 saturated carbocycles. The molecule has 0 aliphatic heterocycles. The maximum absolute atomic E-state index is 12.9. The zero-order chi connectivity index (χ0) is 24.5. The topological polar surface area (TPSA) is 100 Å². The summed E-state index contributed by atoms with van der Waals surface area (Å²) < 4.78 is 5.58. The number of nitrogens with one attached hydrogen (secondary N) is 1.